The Labute approximate surface area is 63.0 Å². The maximum atomic E-state index is 10.8. The maximum Gasteiger partial charge on any atom is 0.238 e. The Bertz CT molecular complexity index is 194. The summed E-state index contributed by atoms with van der Waals surface area (Å²) >= 11 is 4.55. The molecule has 0 aromatic carbocycles. The number of hydrogen-bond donors (Lipinski definition) is 2. The first-order valence-corrected chi connectivity index (χ1v) is 3.18. The number of hydrogen-bond acceptors (Lipinski definition) is 3. The number of thiocarbonyl (C=S) groups is 1. The van der Waals surface area contributed by atoms with E-state index in [4.69, 9.17) is 0 Å². The van der Waals surface area contributed by atoms with Crippen molar-refractivity contribution >= 4 is 29.1 Å². The van der Waals surface area contributed by atoms with Gasteiger partial charge in [0.15, 0.2) is 5.11 Å². The molecule has 0 saturated carbocycles. The average Bonchev–Trinajstić information content (AvgIpc) is 1.82. The van der Waals surface area contributed by atoms with Crippen molar-refractivity contribution in [3.05, 3.63) is 0 Å². The second-order valence-electron chi connectivity index (χ2n) is 2.03. The molecule has 0 spiro atoms. The van der Waals surface area contributed by atoms with Gasteiger partial charge < -0.3 is 10.6 Å². The molecule has 2 N–H and O–H groups in total. The molecule has 1 saturated heterocycles. The third-order valence-electron chi connectivity index (χ3n) is 1.26. The van der Waals surface area contributed by atoms with E-state index in [1.165, 1.54) is 6.92 Å². The first kappa shape index (κ1) is 7.14. The summed E-state index contributed by atoms with van der Waals surface area (Å²) in [6.07, 6.45) is 0. The Balaban J connectivity index is 2.76. The lowest BCUT2D eigenvalue weighted by molar-refractivity contribution is -0.134. The lowest BCUT2D eigenvalue weighted by Gasteiger charge is -2.18. The summed E-state index contributed by atoms with van der Waals surface area (Å²) in [5.74, 6) is -1.31. The Morgan fingerprint density at radius 3 is 2.10 bits per heavy atom. The molecule has 0 unspecified atom stereocenters. The van der Waals surface area contributed by atoms with Crippen molar-refractivity contribution in [2.45, 2.75) is 6.92 Å². The summed E-state index contributed by atoms with van der Waals surface area (Å²) in [4.78, 5) is 21.5. The fourth-order valence-electron chi connectivity index (χ4n) is 0.591. The lowest BCUT2D eigenvalue weighted by Crippen LogP contribution is -2.54. The summed E-state index contributed by atoms with van der Waals surface area (Å²) < 4.78 is 0. The monoisotopic (exact) mass is 158 g/mol. The van der Waals surface area contributed by atoms with Gasteiger partial charge in [0, 0.05) is 0 Å². The van der Waals surface area contributed by atoms with Crippen LogP contribution in [0, 0.1) is 5.92 Å². The molecule has 5 heteroatoms. The van der Waals surface area contributed by atoms with Crippen LogP contribution in [0.5, 0.6) is 0 Å². The van der Waals surface area contributed by atoms with Crippen LogP contribution in [0.3, 0.4) is 0 Å². The molecule has 2 amide bonds. The Kier molecular flexibility index (Phi) is 1.67. The molecule has 1 heterocycles. The van der Waals surface area contributed by atoms with Crippen LogP contribution in [0.25, 0.3) is 0 Å². The Hall–Kier alpha value is -0.970. The van der Waals surface area contributed by atoms with Crippen molar-refractivity contribution in [2.75, 3.05) is 0 Å². The molecule has 4 nitrogen and oxygen atoms in total. The van der Waals surface area contributed by atoms with Gasteiger partial charge in [0.1, 0.15) is 5.92 Å². The lowest BCUT2D eigenvalue weighted by atomic mass is 10.1. The summed E-state index contributed by atoms with van der Waals surface area (Å²) in [5, 5.41) is 4.73. The van der Waals surface area contributed by atoms with E-state index in [0.29, 0.717) is 0 Å². The summed E-state index contributed by atoms with van der Waals surface area (Å²) in [5.41, 5.74) is 0. The molecule has 0 atom stereocenters. The van der Waals surface area contributed by atoms with Crippen LogP contribution in [0.4, 0.5) is 0 Å². The zero-order chi connectivity index (χ0) is 7.72. The van der Waals surface area contributed by atoms with Crippen molar-refractivity contribution in [1.82, 2.24) is 10.6 Å². The molecule has 54 valence electrons. The smallest absolute Gasteiger partial charge is 0.238 e. The Morgan fingerprint density at radius 2 is 1.70 bits per heavy atom. The number of nitrogens with one attached hydrogen (secondary N) is 2. The average molecular weight is 158 g/mol. The second kappa shape index (κ2) is 2.34. The first-order chi connectivity index (χ1) is 4.61. The topological polar surface area (TPSA) is 58.2 Å². The molecular formula is C5H6N2O2S. The fraction of sp³-hybridized carbons (Fsp3) is 0.400. The van der Waals surface area contributed by atoms with Crippen molar-refractivity contribution in [1.29, 1.82) is 0 Å². The van der Waals surface area contributed by atoms with Gasteiger partial charge in [-0.25, -0.2) is 0 Å². The number of carbonyl (C=O) groups is 2. The molecule has 1 fully saturated rings. The van der Waals surface area contributed by atoms with E-state index >= 15 is 0 Å². The second-order valence-corrected chi connectivity index (χ2v) is 2.44. The zero-order valence-electron chi connectivity index (χ0n) is 5.30. The molecular weight excluding hydrogens is 152 g/mol. The summed E-state index contributed by atoms with van der Waals surface area (Å²) in [7, 11) is 0. The van der Waals surface area contributed by atoms with E-state index in [1.807, 2.05) is 0 Å². The summed E-state index contributed by atoms with van der Waals surface area (Å²) in [6.45, 7) is 1.52. The molecule has 1 rings (SSSR count). The van der Waals surface area contributed by atoms with Gasteiger partial charge in [0.05, 0.1) is 0 Å². The highest BCUT2D eigenvalue weighted by Crippen LogP contribution is 1.98. The minimum atomic E-state index is -0.633. The SMILES string of the molecule is CC1C(=O)NC(=S)NC1=O. The van der Waals surface area contributed by atoms with Gasteiger partial charge in [-0.05, 0) is 19.1 Å². The van der Waals surface area contributed by atoms with Gasteiger partial charge in [0.2, 0.25) is 11.8 Å². The molecule has 1 aliphatic rings. The molecule has 0 aliphatic carbocycles. The highest BCUT2D eigenvalue weighted by molar-refractivity contribution is 7.80. The van der Waals surface area contributed by atoms with Crippen molar-refractivity contribution in [2.24, 2.45) is 5.92 Å². The van der Waals surface area contributed by atoms with Crippen molar-refractivity contribution < 1.29 is 9.59 Å². The highest BCUT2D eigenvalue weighted by atomic mass is 32.1. The van der Waals surface area contributed by atoms with Crippen LogP contribution in [0.15, 0.2) is 0 Å². The van der Waals surface area contributed by atoms with E-state index in [1.54, 1.807) is 0 Å². The van der Waals surface area contributed by atoms with Crippen LogP contribution in [0.1, 0.15) is 6.92 Å². The molecule has 10 heavy (non-hydrogen) atoms. The van der Waals surface area contributed by atoms with Gasteiger partial charge in [-0.2, -0.15) is 0 Å². The van der Waals surface area contributed by atoms with Gasteiger partial charge >= 0.3 is 0 Å². The van der Waals surface area contributed by atoms with Gasteiger partial charge in [-0.3, -0.25) is 9.59 Å². The van der Waals surface area contributed by atoms with Gasteiger partial charge in [-0.15, -0.1) is 0 Å². The summed E-state index contributed by atoms with van der Waals surface area (Å²) in [6, 6.07) is 0. The van der Waals surface area contributed by atoms with Crippen molar-refractivity contribution in [3.8, 4) is 0 Å². The fourth-order valence-corrected chi connectivity index (χ4v) is 0.792. The van der Waals surface area contributed by atoms with Crippen LogP contribution in [-0.2, 0) is 9.59 Å². The van der Waals surface area contributed by atoms with E-state index in [2.05, 4.69) is 22.9 Å². The molecule has 0 aromatic heterocycles. The third kappa shape index (κ3) is 1.13. The van der Waals surface area contributed by atoms with Crippen LogP contribution >= 0.6 is 12.2 Å². The molecule has 0 bridgehead atoms. The van der Waals surface area contributed by atoms with E-state index < -0.39 is 5.92 Å². The zero-order valence-corrected chi connectivity index (χ0v) is 6.12. The predicted octanol–water partition coefficient (Wildman–Crippen LogP) is -0.847. The van der Waals surface area contributed by atoms with Gasteiger partial charge in [-0.1, -0.05) is 0 Å². The van der Waals surface area contributed by atoms with E-state index in [9.17, 15) is 9.59 Å². The molecule has 1 aliphatic heterocycles. The van der Waals surface area contributed by atoms with E-state index in [-0.39, 0.29) is 16.9 Å². The Morgan fingerprint density at radius 1 is 1.30 bits per heavy atom. The van der Waals surface area contributed by atoms with Crippen LogP contribution in [0.2, 0.25) is 0 Å². The van der Waals surface area contributed by atoms with Crippen LogP contribution in [-0.4, -0.2) is 16.9 Å². The highest BCUT2D eigenvalue weighted by Gasteiger charge is 2.27. The number of carbonyl (C=O) groups excluding carboxylic acids is 2. The minimum Gasteiger partial charge on any atom is -0.302 e. The third-order valence-corrected chi connectivity index (χ3v) is 1.46. The van der Waals surface area contributed by atoms with Crippen molar-refractivity contribution in [3.63, 3.8) is 0 Å². The number of rotatable bonds is 0. The standard InChI is InChI=1S/C5H6N2O2S/c1-2-3(8)6-5(10)7-4(2)9/h2H,1H3,(H2,6,7,8,9,10). The number of amides is 2. The molecule has 0 radical (unpaired) electrons. The predicted molar refractivity (Wildman–Crippen MR) is 38.0 cm³/mol. The normalized spacial score (nSPS) is 20.3. The quantitative estimate of drug-likeness (QED) is 0.357. The van der Waals surface area contributed by atoms with Crippen LogP contribution < -0.4 is 10.6 Å². The minimum absolute atomic E-state index is 0.0908. The largest absolute Gasteiger partial charge is 0.302 e. The molecule has 0 aromatic rings. The maximum absolute atomic E-state index is 10.8. The first-order valence-electron chi connectivity index (χ1n) is 2.77. The van der Waals surface area contributed by atoms with E-state index in [0.717, 1.165) is 0 Å². The van der Waals surface area contributed by atoms with Gasteiger partial charge in [0.25, 0.3) is 0 Å².